The van der Waals surface area contributed by atoms with Crippen LogP contribution < -0.4 is 14.8 Å². The van der Waals surface area contributed by atoms with Gasteiger partial charge in [-0.1, -0.05) is 40.9 Å². The minimum Gasteiger partial charge on any atom is -0.322 e. The average molecular weight is 673 g/mol. The molecule has 0 bridgehead atoms. The fraction of sp³-hybridized carbons (Fsp3) is 0.107. The molecule has 43 heavy (non-hydrogen) atoms. The summed E-state index contributed by atoms with van der Waals surface area (Å²) in [5.74, 6) is -0.714. The molecule has 0 saturated heterocycles. The number of alkyl halides is 3. The maximum atomic E-state index is 13.1. The number of nitrogens with one attached hydrogen (secondary N) is 3. The molecule has 15 heteroatoms. The largest absolute Gasteiger partial charge is 0.417 e. The van der Waals surface area contributed by atoms with Crippen LogP contribution in [-0.2, 0) is 26.2 Å². The van der Waals surface area contributed by atoms with Crippen LogP contribution in [0.2, 0.25) is 10.0 Å². The molecule has 0 fully saturated rings. The fourth-order valence-electron chi connectivity index (χ4n) is 3.92. The van der Waals surface area contributed by atoms with Crippen LogP contribution in [-0.4, -0.2) is 22.7 Å². The minimum atomic E-state index is -4.79. The summed E-state index contributed by atoms with van der Waals surface area (Å²) in [4.78, 5) is 12.3. The quantitative estimate of drug-likeness (QED) is 0.179. The molecule has 3 N–H and O–H groups in total. The number of amides is 1. The molecular weight excluding hydrogens is 650 g/mol. The van der Waals surface area contributed by atoms with Crippen molar-refractivity contribution in [2.45, 2.75) is 29.8 Å². The molecule has 0 aliphatic carbocycles. The van der Waals surface area contributed by atoms with E-state index in [1.807, 2.05) is 6.92 Å². The van der Waals surface area contributed by atoms with Gasteiger partial charge < -0.3 is 5.32 Å². The monoisotopic (exact) mass is 671 g/mol. The van der Waals surface area contributed by atoms with Gasteiger partial charge in [-0.2, -0.15) is 13.2 Å². The zero-order chi connectivity index (χ0) is 31.7. The number of carbonyl (C=O) groups excluding carboxylic acids is 1. The van der Waals surface area contributed by atoms with Crippen LogP contribution in [0.25, 0.3) is 0 Å². The molecule has 0 aliphatic heterocycles. The van der Waals surface area contributed by atoms with E-state index in [0.717, 1.165) is 35.9 Å². The number of rotatable bonds is 8. The minimum absolute atomic E-state index is 0.0491. The second kappa shape index (κ2) is 12.1. The number of sulfonamides is 2. The first-order valence-corrected chi connectivity index (χ1v) is 15.9. The second-order valence-corrected chi connectivity index (χ2v) is 13.5. The van der Waals surface area contributed by atoms with E-state index in [9.17, 15) is 34.8 Å². The maximum absolute atomic E-state index is 13.1. The van der Waals surface area contributed by atoms with Crippen molar-refractivity contribution in [3.05, 3.63) is 111 Å². The van der Waals surface area contributed by atoms with Gasteiger partial charge in [0, 0.05) is 16.9 Å². The lowest BCUT2D eigenvalue weighted by Gasteiger charge is -2.14. The lowest BCUT2D eigenvalue weighted by Crippen LogP contribution is -2.17. The number of anilines is 3. The fourth-order valence-corrected chi connectivity index (χ4v) is 6.85. The van der Waals surface area contributed by atoms with Gasteiger partial charge in [0.1, 0.15) is 4.90 Å². The Morgan fingerprint density at radius 2 is 1.35 bits per heavy atom. The van der Waals surface area contributed by atoms with Crippen molar-refractivity contribution in [1.82, 2.24) is 0 Å². The van der Waals surface area contributed by atoms with E-state index in [1.54, 1.807) is 25.1 Å². The van der Waals surface area contributed by atoms with Crippen molar-refractivity contribution in [2.75, 3.05) is 14.8 Å². The van der Waals surface area contributed by atoms with Gasteiger partial charge in [-0.3, -0.25) is 14.2 Å². The first-order chi connectivity index (χ1) is 20.0. The molecule has 0 heterocycles. The molecule has 4 aromatic carbocycles. The zero-order valence-electron chi connectivity index (χ0n) is 22.3. The number of hydrogen-bond donors (Lipinski definition) is 3. The number of carbonyl (C=O) groups is 1. The van der Waals surface area contributed by atoms with Gasteiger partial charge in [0.2, 0.25) is 0 Å². The van der Waals surface area contributed by atoms with E-state index in [1.165, 1.54) is 24.3 Å². The Bertz CT molecular complexity index is 1930. The van der Waals surface area contributed by atoms with Gasteiger partial charge in [0.05, 0.1) is 26.2 Å². The van der Waals surface area contributed by atoms with Crippen molar-refractivity contribution in [3.63, 3.8) is 0 Å². The van der Waals surface area contributed by atoms with Crippen LogP contribution >= 0.6 is 23.2 Å². The lowest BCUT2D eigenvalue weighted by atomic mass is 10.1. The summed E-state index contributed by atoms with van der Waals surface area (Å²) >= 11 is 11.7. The summed E-state index contributed by atoms with van der Waals surface area (Å²) in [6.45, 7) is 3.61. The molecule has 1 amide bonds. The summed E-state index contributed by atoms with van der Waals surface area (Å²) in [6.07, 6.45) is -4.79. The molecule has 8 nitrogen and oxygen atoms in total. The van der Waals surface area contributed by atoms with Crippen molar-refractivity contribution >= 4 is 66.2 Å². The van der Waals surface area contributed by atoms with E-state index in [0.29, 0.717) is 17.3 Å². The van der Waals surface area contributed by atoms with Crippen molar-refractivity contribution in [2.24, 2.45) is 0 Å². The van der Waals surface area contributed by atoms with Crippen LogP contribution in [0.1, 0.15) is 27.0 Å². The first-order valence-electron chi connectivity index (χ1n) is 12.2. The Morgan fingerprint density at radius 3 is 1.98 bits per heavy atom. The highest BCUT2D eigenvalue weighted by Crippen LogP contribution is 2.36. The summed E-state index contributed by atoms with van der Waals surface area (Å²) in [7, 11) is -8.48. The zero-order valence-corrected chi connectivity index (χ0v) is 25.4. The molecule has 0 unspecified atom stereocenters. The summed E-state index contributed by atoms with van der Waals surface area (Å²) in [5, 5.41) is 1.83. The van der Waals surface area contributed by atoms with E-state index < -0.39 is 42.7 Å². The smallest absolute Gasteiger partial charge is 0.322 e. The highest BCUT2D eigenvalue weighted by atomic mass is 35.5. The van der Waals surface area contributed by atoms with Gasteiger partial charge >= 0.3 is 6.18 Å². The topological polar surface area (TPSA) is 121 Å². The van der Waals surface area contributed by atoms with E-state index in [-0.39, 0.29) is 31.8 Å². The van der Waals surface area contributed by atoms with Crippen LogP contribution in [0.4, 0.5) is 30.2 Å². The number of hydrogen-bond acceptors (Lipinski definition) is 5. The Kier molecular flexibility index (Phi) is 9.03. The van der Waals surface area contributed by atoms with Crippen molar-refractivity contribution in [1.29, 1.82) is 0 Å². The summed E-state index contributed by atoms with van der Waals surface area (Å²) in [5.41, 5.74) is 0.530. The predicted molar refractivity (Wildman–Crippen MR) is 160 cm³/mol. The molecular formula is C28H22Cl2F3N3O5S2. The van der Waals surface area contributed by atoms with Gasteiger partial charge in [-0.05, 0) is 86.1 Å². The van der Waals surface area contributed by atoms with Gasteiger partial charge in [-0.25, -0.2) is 16.8 Å². The average Bonchev–Trinajstić information content (AvgIpc) is 2.91. The van der Waals surface area contributed by atoms with Gasteiger partial charge in [0.25, 0.3) is 26.0 Å². The first kappa shape index (κ1) is 32.1. The molecule has 226 valence electrons. The van der Waals surface area contributed by atoms with E-state index in [4.69, 9.17) is 23.2 Å². The molecule has 4 rings (SSSR count). The number of halogens is 5. The van der Waals surface area contributed by atoms with E-state index in [2.05, 4.69) is 14.8 Å². The molecule has 0 spiro atoms. The summed E-state index contributed by atoms with van der Waals surface area (Å²) in [6, 6.07) is 16.2. The molecule has 0 saturated carbocycles. The third-order valence-electron chi connectivity index (χ3n) is 6.06. The normalized spacial score (nSPS) is 12.1. The number of aryl methyl sites for hydroxylation is 2. The highest BCUT2D eigenvalue weighted by Gasteiger charge is 2.33. The number of benzene rings is 4. The molecule has 4 aromatic rings. The van der Waals surface area contributed by atoms with Gasteiger partial charge in [-0.15, -0.1) is 0 Å². The molecule has 0 aliphatic rings. The van der Waals surface area contributed by atoms with Crippen LogP contribution in [0.5, 0.6) is 0 Å². The predicted octanol–water partition coefficient (Wildman–Crippen LogP) is 7.48. The van der Waals surface area contributed by atoms with Crippen LogP contribution in [0, 0.1) is 13.8 Å². The van der Waals surface area contributed by atoms with Crippen molar-refractivity contribution in [3.8, 4) is 0 Å². The highest BCUT2D eigenvalue weighted by molar-refractivity contribution is 7.93. The van der Waals surface area contributed by atoms with E-state index >= 15 is 0 Å². The Balaban J connectivity index is 1.50. The lowest BCUT2D eigenvalue weighted by molar-refractivity contribution is -0.137. The maximum Gasteiger partial charge on any atom is 0.417 e. The Morgan fingerprint density at radius 1 is 0.721 bits per heavy atom. The van der Waals surface area contributed by atoms with Crippen molar-refractivity contribution < 1.29 is 34.8 Å². The SMILES string of the molecule is Cc1ccc(NS(=O)(=O)c2cc(C(=O)Nc3ccc(S(=O)(=O)Nc4ccc(Cl)c(C(F)(F)F)c4)cc3)ccc2Cl)c(C)c1. The van der Waals surface area contributed by atoms with Crippen LogP contribution in [0.3, 0.4) is 0 Å². The third kappa shape index (κ3) is 7.60. The second-order valence-electron chi connectivity index (χ2n) is 9.35. The van der Waals surface area contributed by atoms with Gasteiger partial charge in [0.15, 0.2) is 0 Å². The molecule has 0 atom stereocenters. The van der Waals surface area contributed by atoms with Crippen LogP contribution in [0.15, 0.2) is 88.7 Å². The third-order valence-corrected chi connectivity index (χ3v) is 9.63. The Labute approximate surface area is 255 Å². The summed E-state index contributed by atoms with van der Waals surface area (Å²) < 4.78 is 95.6. The molecule has 0 aromatic heterocycles. The molecule has 0 radical (unpaired) electrons. The Hall–Kier alpha value is -3.78. The standard InChI is InChI=1S/C28H22Cl2F3N3O5S2/c1-16-3-12-25(17(2)13-16)36-43(40,41)26-14-18(4-10-24(26)30)27(37)34-19-5-8-21(9-6-19)42(38,39)35-20-7-11-23(29)22(15-20)28(31,32)33/h3-15,35-36H,1-2H3,(H,34,37).